The van der Waals surface area contributed by atoms with Crippen LogP contribution in [-0.4, -0.2) is 23.9 Å². The molecule has 3 rings (SSSR count). The van der Waals surface area contributed by atoms with Crippen LogP contribution in [0.3, 0.4) is 0 Å². The minimum absolute atomic E-state index is 0.0411. The van der Waals surface area contributed by atoms with Crippen LogP contribution in [0.5, 0.6) is 17.2 Å². The van der Waals surface area contributed by atoms with Gasteiger partial charge in [0.05, 0.1) is 12.2 Å². The van der Waals surface area contributed by atoms with Crippen molar-refractivity contribution >= 4 is 23.5 Å². The molecule has 0 aliphatic rings. The highest BCUT2D eigenvalue weighted by molar-refractivity contribution is 6.30. The van der Waals surface area contributed by atoms with Crippen LogP contribution >= 0.6 is 11.6 Å². The average Bonchev–Trinajstić information content (AvgIpc) is 2.95. The summed E-state index contributed by atoms with van der Waals surface area (Å²) >= 11 is 6.18. The number of carbonyl (C=O) groups excluding carboxylic acids is 2. The number of ether oxygens (including phenoxy) is 3. The predicted octanol–water partition coefficient (Wildman–Crippen LogP) is 8.48. The van der Waals surface area contributed by atoms with E-state index in [4.69, 9.17) is 25.8 Å². The van der Waals surface area contributed by atoms with Crippen molar-refractivity contribution in [1.29, 1.82) is 0 Å². The smallest absolute Gasteiger partial charge is 0.343 e. The van der Waals surface area contributed by atoms with Gasteiger partial charge in [-0.15, -0.1) is 11.6 Å². The summed E-state index contributed by atoms with van der Waals surface area (Å²) in [4.78, 5) is 24.8. The van der Waals surface area contributed by atoms with Crippen molar-refractivity contribution in [3.8, 4) is 28.4 Å². The Balaban J connectivity index is 1.50. The van der Waals surface area contributed by atoms with E-state index in [-0.39, 0.29) is 5.92 Å². The Bertz CT molecular complexity index is 1140. The Labute approximate surface area is 231 Å². The minimum atomic E-state index is -0.675. The van der Waals surface area contributed by atoms with Gasteiger partial charge in [0.1, 0.15) is 22.6 Å². The molecule has 3 aromatic carbocycles. The van der Waals surface area contributed by atoms with Crippen LogP contribution in [0, 0.1) is 5.92 Å². The Kier molecular flexibility index (Phi) is 11.7. The van der Waals surface area contributed by atoms with E-state index in [1.165, 1.54) is 25.7 Å². The lowest BCUT2D eigenvalue weighted by atomic mass is 10.0. The fourth-order valence-corrected chi connectivity index (χ4v) is 4.01. The molecule has 0 fully saturated rings. The Morgan fingerprint density at radius 3 is 1.79 bits per heavy atom. The lowest BCUT2D eigenvalue weighted by Gasteiger charge is -2.15. The molecule has 202 valence electrons. The molecule has 38 heavy (non-hydrogen) atoms. The molecule has 3 aromatic rings. The third kappa shape index (κ3) is 8.91. The molecule has 0 spiro atoms. The standard InChI is InChI=1S/C32H37ClO5/c1-4-6-7-8-9-22-36-27-16-14-26(15-17-27)31(34)37-28-18-10-24(11-19-28)25-12-20-29(21-13-25)38-32(35)30(33)23(3)5-2/h10-21,23,30H,4-9,22H2,1-3H3. The first-order valence-corrected chi connectivity index (χ1v) is 13.9. The highest BCUT2D eigenvalue weighted by Crippen LogP contribution is 2.26. The van der Waals surface area contributed by atoms with Crippen molar-refractivity contribution in [2.45, 2.75) is 64.7 Å². The molecule has 6 heteroatoms. The number of hydrogen-bond donors (Lipinski definition) is 0. The monoisotopic (exact) mass is 536 g/mol. The lowest BCUT2D eigenvalue weighted by Crippen LogP contribution is -2.26. The fourth-order valence-electron chi connectivity index (χ4n) is 3.79. The van der Waals surface area contributed by atoms with Crippen LogP contribution in [0.2, 0.25) is 0 Å². The number of rotatable bonds is 14. The fraction of sp³-hybridized carbons (Fsp3) is 0.375. The van der Waals surface area contributed by atoms with E-state index in [1.807, 2.05) is 38.1 Å². The maximum atomic E-state index is 12.6. The van der Waals surface area contributed by atoms with Gasteiger partial charge in [0, 0.05) is 0 Å². The van der Waals surface area contributed by atoms with E-state index in [1.54, 1.807) is 48.5 Å². The van der Waals surface area contributed by atoms with Crippen molar-refractivity contribution < 1.29 is 23.8 Å². The van der Waals surface area contributed by atoms with Gasteiger partial charge < -0.3 is 14.2 Å². The SMILES string of the molecule is CCCCCCCOc1ccc(C(=O)Oc2ccc(-c3ccc(OC(=O)C(Cl)C(C)CC)cc3)cc2)cc1. The average molecular weight is 537 g/mol. The van der Waals surface area contributed by atoms with E-state index >= 15 is 0 Å². The number of unbranched alkanes of at least 4 members (excludes halogenated alkanes) is 4. The molecule has 0 N–H and O–H groups in total. The van der Waals surface area contributed by atoms with Crippen LogP contribution in [0.15, 0.2) is 72.8 Å². The Morgan fingerprint density at radius 2 is 1.24 bits per heavy atom. The van der Waals surface area contributed by atoms with Crippen LogP contribution in [-0.2, 0) is 4.79 Å². The number of halogens is 1. The molecule has 2 atom stereocenters. The lowest BCUT2D eigenvalue weighted by molar-refractivity contribution is -0.134. The molecule has 0 aromatic heterocycles. The van der Waals surface area contributed by atoms with Gasteiger partial charge in [-0.3, -0.25) is 4.79 Å². The van der Waals surface area contributed by atoms with Gasteiger partial charge >= 0.3 is 11.9 Å². The van der Waals surface area contributed by atoms with Crippen molar-refractivity contribution in [2.24, 2.45) is 5.92 Å². The topological polar surface area (TPSA) is 61.8 Å². The van der Waals surface area contributed by atoms with Gasteiger partial charge in [0.15, 0.2) is 0 Å². The van der Waals surface area contributed by atoms with E-state index in [0.717, 1.165) is 29.7 Å². The van der Waals surface area contributed by atoms with E-state index in [9.17, 15) is 9.59 Å². The molecule has 0 aliphatic heterocycles. The molecule has 0 aliphatic carbocycles. The maximum Gasteiger partial charge on any atom is 0.343 e. The third-order valence-electron chi connectivity index (χ3n) is 6.45. The summed E-state index contributed by atoms with van der Waals surface area (Å²) < 4.78 is 16.7. The van der Waals surface area contributed by atoms with E-state index < -0.39 is 17.3 Å². The summed E-state index contributed by atoms with van der Waals surface area (Å²) in [6.45, 7) is 6.79. The van der Waals surface area contributed by atoms with Crippen molar-refractivity contribution in [2.75, 3.05) is 6.61 Å². The molecule has 0 saturated carbocycles. The van der Waals surface area contributed by atoms with Crippen LogP contribution in [0.1, 0.15) is 69.7 Å². The zero-order chi connectivity index (χ0) is 27.3. The van der Waals surface area contributed by atoms with Gasteiger partial charge in [-0.2, -0.15) is 0 Å². The van der Waals surface area contributed by atoms with E-state index in [0.29, 0.717) is 23.7 Å². The first-order chi connectivity index (χ1) is 18.4. The van der Waals surface area contributed by atoms with Gasteiger partial charge in [0.25, 0.3) is 0 Å². The summed E-state index contributed by atoms with van der Waals surface area (Å²) in [5.74, 6) is 0.820. The molecule has 0 radical (unpaired) electrons. The number of alkyl halides is 1. The molecular weight excluding hydrogens is 500 g/mol. The first kappa shape index (κ1) is 29.2. The van der Waals surface area contributed by atoms with Crippen LogP contribution in [0.25, 0.3) is 11.1 Å². The second-order valence-corrected chi connectivity index (χ2v) is 9.90. The highest BCUT2D eigenvalue weighted by atomic mass is 35.5. The zero-order valence-corrected chi connectivity index (χ0v) is 23.2. The second kappa shape index (κ2) is 15.2. The summed E-state index contributed by atoms with van der Waals surface area (Å²) in [5, 5.41) is -0.675. The summed E-state index contributed by atoms with van der Waals surface area (Å²) in [7, 11) is 0. The first-order valence-electron chi connectivity index (χ1n) is 13.4. The number of benzene rings is 3. The van der Waals surface area contributed by atoms with E-state index in [2.05, 4.69) is 6.92 Å². The van der Waals surface area contributed by atoms with Crippen molar-refractivity contribution in [3.05, 3.63) is 78.4 Å². The predicted molar refractivity (Wildman–Crippen MR) is 152 cm³/mol. The van der Waals surface area contributed by atoms with Crippen LogP contribution < -0.4 is 14.2 Å². The number of hydrogen-bond acceptors (Lipinski definition) is 5. The Hall–Kier alpha value is -3.31. The van der Waals surface area contributed by atoms with Gasteiger partial charge in [0.2, 0.25) is 0 Å². The molecular formula is C32H37ClO5. The molecule has 0 saturated heterocycles. The quantitative estimate of drug-likeness (QED) is 0.0894. The minimum Gasteiger partial charge on any atom is -0.494 e. The van der Waals surface area contributed by atoms with Crippen molar-refractivity contribution in [3.63, 3.8) is 0 Å². The summed E-state index contributed by atoms with van der Waals surface area (Å²) in [5.41, 5.74) is 2.34. The highest BCUT2D eigenvalue weighted by Gasteiger charge is 2.23. The Morgan fingerprint density at radius 1 is 0.711 bits per heavy atom. The molecule has 0 heterocycles. The second-order valence-electron chi connectivity index (χ2n) is 9.43. The normalized spacial score (nSPS) is 12.4. The molecule has 0 amide bonds. The van der Waals surface area contributed by atoms with Crippen molar-refractivity contribution in [1.82, 2.24) is 0 Å². The van der Waals surface area contributed by atoms with Gasteiger partial charge in [-0.25, -0.2) is 4.79 Å². The molecule has 5 nitrogen and oxygen atoms in total. The summed E-state index contributed by atoms with van der Waals surface area (Å²) in [6.07, 6.45) is 6.73. The third-order valence-corrected chi connectivity index (χ3v) is 7.05. The van der Waals surface area contributed by atoms with Gasteiger partial charge in [-0.1, -0.05) is 77.1 Å². The maximum absolute atomic E-state index is 12.6. The molecule has 2 unspecified atom stereocenters. The molecule has 0 bridgehead atoms. The van der Waals surface area contributed by atoms with Gasteiger partial charge in [-0.05, 0) is 72.0 Å². The number of esters is 2. The van der Waals surface area contributed by atoms with Crippen LogP contribution in [0.4, 0.5) is 0 Å². The zero-order valence-electron chi connectivity index (χ0n) is 22.5. The largest absolute Gasteiger partial charge is 0.494 e. The number of carbonyl (C=O) groups is 2. The summed E-state index contributed by atoms with van der Waals surface area (Å²) in [6, 6.07) is 21.5.